The highest BCUT2D eigenvalue weighted by molar-refractivity contribution is 7.92. The van der Waals surface area contributed by atoms with Gasteiger partial charge in [0.05, 0.1) is 17.2 Å². The second-order valence-electron chi connectivity index (χ2n) is 4.26. The first-order chi connectivity index (χ1) is 10.5. The van der Waals surface area contributed by atoms with Crippen LogP contribution in [-0.2, 0) is 14.8 Å². The van der Waals surface area contributed by atoms with Gasteiger partial charge in [0.15, 0.2) is 0 Å². The number of isocyanates is 1. The van der Waals surface area contributed by atoms with Crippen molar-refractivity contribution in [2.45, 2.75) is 11.8 Å². The van der Waals surface area contributed by atoms with Crippen LogP contribution < -0.4 is 9.46 Å². The summed E-state index contributed by atoms with van der Waals surface area (Å²) in [6.45, 7) is 2.41. The molecule has 0 aliphatic rings. The Morgan fingerprint density at radius 3 is 2.27 bits per heavy atom. The molecule has 0 atom stereocenters. The highest BCUT2D eigenvalue weighted by Gasteiger charge is 2.14. The van der Waals surface area contributed by atoms with Gasteiger partial charge in [-0.1, -0.05) is 0 Å². The summed E-state index contributed by atoms with van der Waals surface area (Å²) in [5.74, 6) is 0.668. The maximum Gasteiger partial charge on any atom is 0.261 e. The van der Waals surface area contributed by atoms with Gasteiger partial charge in [0.25, 0.3) is 10.0 Å². The molecule has 6 nitrogen and oxygen atoms in total. The molecular weight excluding hydrogens is 304 g/mol. The molecule has 0 unspecified atom stereocenters. The minimum Gasteiger partial charge on any atom is -0.494 e. The molecule has 2 rings (SSSR count). The molecule has 0 aromatic heterocycles. The van der Waals surface area contributed by atoms with E-state index in [1.165, 1.54) is 30.3 Å². The Hall–Kier alpha value is -2.63. The molecule has 7 heteroatoms. The number of hydrogen-bond acceptors (Lipinski definition) is 5. The molecule has 0 saturated heterocycles. The van der Waals surface area contributed by atoms with Gasteiger partial charge in [0.2, 0.25) is 6.08 Å². The average Bonchev–Trinajstić information content (AvgIpc) is 2.50. The van der Waals surface area contributed by atoms with E-state index in [9.17, 15) is 13.2 Å². The van der Waals surface area contributed by atoms with E-state index in [0.717, 1.165) is 0 Å². The van der Waals surface area contributed by atoms with E-state index in [1.54, 1.807) is 24.3 Å². The molecule has 0 radical (unpaired) electrons. The lowest BCUT2D eigenvalue weighted by atomic mass is 10.3. The zero-order valence-corrected chi connectivity index (χ0v) is 12.6. The van der Waals surface area contributed by atoms with Crippen molar-refractivity contribution in [1.82, 2.24) is 0 Å². The molecule has 22 heavy (non-hydrogen) atoms. The Bertz CT molecular complexity index is 777. The average molecular weight is 318 g/mol. The van der Waals surface area contributed by atoms with E-state index in [-0.39, 0.29) is 4.90 Å². The van der Waals surface area contributed by atoms with Crippen LogP contribution in [0.3, 0.4) is 0 Å². The van der Waals surface area contributed by atoms with Crippen molar-refractivity contribution in [3.63, 3.8) is 0 Å². The normalized spacial score (nSPS) is 10.6. The van der Waals surface area contributed by atoms with Crippen molar-refractivity contribution >= 4 is 27.5 Å². The molecule has 0 amide bonds. The molecule has 114 valence electrons. The molecule has 0 aliphatic heterocycles. The molecule has 1 N–H and O–H groups in total. The van der Waals surface area contributed by atoms with Crippen LogP contribution in [0.5, 0.6) is 5.75 Å². The third-order valence-corrected chi connectivity index (χ3v) is 4.14. The smallest absolute Gasteiger partial charge is 0.261 e. The SMILES string of the molecule is CCOc1ccc(NS(=O)(=O)c2ccc(N=C=O)cc2)cc1. The highest BCUT2D eigenvalue weighted by Crippen LogP contribution is 2.21. The van der Waals surface area contributed by atoms with Crippen molar-refractivity contribution in [1.29, 1.82) is 0 Å². The number of rotatable bonds is 6. The van der Waals surface area contributed by atoms with E-state index < -0.39 is 10.0 Å². The minimum atomic E-state index is -3.70. The lowest BCUT2D eigenvalue weighted by Gasteiger charge is -2.09. The van der Waals surface area contributed by atoms with E-state index in [4.69, 9.17) is 4.74 Å². The summed E-state index contributed by atoms with van der Waals surface area (Å²) < 4.78 is 32.2. The molecule has 0 heterocycles. The second kappa shape index (κ2) is 6.89. The van der Waals surface area contributed by atoms with Gasteiger partial charge in [-0.25, -0.2) is 13.2 Å². The first-order valence-corrected chi connectivity index (χ1v) is 7.97. The lowest BCUT2D eigenvalue weighted by molar-refractivity contribution is 0.340. The number of aliphatic imine (C=N–C) groups is 1. The Morgan fingerprint density at radius 2 is 1.73 bits per heavy atom. The van der Waals surface area contributed by atoms with Crippen molar-refractivity contribution in [2.75, 3.05) is 11.3 Å². The molecule has 2 aromatic rings. The van der Waals surface area contributed by atoms with Crippen LogP contribution in [0.1, 0.15) is 6.92 Å². The summed E-state index contributed by atoms with van der Waals surface area (Å²) in [5, 5.41) is 0. The lowest BCUT2D eigenvalue weighted by Crippen LogP contribution is -2.12. The van der Waals surface area contributed by atoms with Crippen LogP contribution >= 0.6 is 0 Å². The maximum absolute atomic E-state index is 12.2. The second-order valence-corrected chi connectivity index (χ2v) is 5.94. The fraction of sp³-hybridized carbons (Fsp3) is 0.133. The summed E-state index contributed by atoms with van der Waals surface area (Å²) >= 11 is 0. The predicted molar refractivity (Wildman–Crippen MR) is 82.6 cm³/mol. The third-order valence-electron chi connectivity index (χ3n) is 2.74. The first kappa shape index (κ1) is 15.8. The minimum absolute atomic E-state index is 0.0752. The summed E-state index contributed by atoms with van der Waals surface area (Å²) in [5.41, 5.74) is 0.772. The number of sulfonamides is 1. The van der Waals surface area contributed by atoms with Gasteiger partial charge in [0, 0.05) is 5.69 Å². The standard InChI is InChI=1S/C15H14N2O4S/c1-2-21-14-7-3-13(4-8-14)17-22(19,20)15-9-5-12(6-10-15)16-11-18/h3-10,17H,2H2,1H3. The van der Waals surface area contributed by atoms with Crippen LogP contribution in [0.2, 0.25) is 0 Å². The van der Waals surface area contributed by atoms with Crippen molar-refractivity contribution in [3.8, 4) is 5.75 Å². The van der Waals surface area contributed by atoms with Crippen molar-refractivity contribution in [3.05, 3.63) is 48.5 Å². The molecule has 0 bridgehead atoms. The zero-order valence-electron chi connectivity index (χ0n) is 11.8. The van der Waals surface area contributed by atoms with Crippen molar-refractivity contribution < 1.29 is 17.9 Å². The van der Waals surface area contributed by atoms with E-state index in [0.29, 0.717) is 23.7 Å². The summed E-state index contributed by atoms with van der Waals surface area (Å²) in [4.78, 5) is 13.6. The van der Waals surface area contributed by atoms with Crippen LogP contribution in [0.15, 0.2) is 58.4 Å². The van der Waals surface area contributed by atoms with Gasteiger partial charge in [-0.2, -0.15) is 4.99 Å². The molecule has 0 saturated carbocycles. The largest absolute Gasteiger partial charge is 0.494 e. The quantitative estimate of drug-likeness (QED) is 0.655. The van der Waals surface area contributed by atoms with Gasteiger partial charge >= 0.3 is 0 Å². The number of anilines is 1. The summed E-state index contributed by atoms with van der Waals surface area (Å²) in [7, 11) is -3.70. The Balaban J connectivity index is 2.17. The third kappa shape index (κ3) is 3.94. The number of hydrogen-bond donors (Lipinski definition) is 1. The topological polar surface area (TPSA) is 84.8 Å². The van der Waals surface area contributed by atoms with Gasteiger partial charge in [-0.15, -0.1) is 0 Å². The van der Waals surface area contributed by atoms with Gasteiger partial charge in [0.1, 0.15) is 5.75 Å². The fourth-order valence-electron chi connectivity index (χ4n) is 1.75. The van der Waals surface area contributed by atoms with Crippen LogP contribution in [-0.4, -0.2) is 21.1 Å². The highest BCUT2D eigenvalue weighted by atomic mass is 32.2. The number of ether oxygens (including phenoxy) is 1. The predicted octanol–water partition coefficient (Wildman–Crippen LogP) is 2.85. The Morgan fingerprint density at radius 1 is 1.09 bits per heavy atom. The van der Waals surface area contributed by atoms with Crippen LogP contribution in [0.4, 0.5) is 11.4 Å². The maximum atomic E-state index is 12.2. The van der Waals surface area contributed by atoms with E-state index in [2.05, 4.69) is 9.71 Å². The molecule has 2 aromatic carbocycles. The van der Waals surface area contributed by atoms with Gasteiger partial charge < -0.3 is 4.74 Å². The molecular formula is C15H14N2O4S. The number of nitrogens with one attached hydrogen (secondary N) is 1. The van der Waals surface area contributed by atoms with E-state index in [1.807, 2.05) is 6.92 Å². The summed E-state index contributed by atoms with van der Waals surface area (Å²) in [6.07, 6.45) is 1.40. The number of nitrogens with zero attached hydrogens (tertiary/aromatic N) is 1. The van der Waals surface area contributed by atoms with Crippen LogP contribution in [0, 0.1) is 0 Å². The van der Waals surface area contributed by atoms with Crippen molar-refractivity contribution in [2.24, 2.45) is 4.99 Å². The van der Waals surface area contributed by atoms with Crippen LogP contribution in [0.25, 0.3) is 0 Å². The summed E-state index contributed by atoms with van der Waals surface area (Å²) in [6, 6.07) is 12.2. The fourth-order valence-corrected chi connectivity index (χ4v) is 2.81. The molecule has 0 spiro atoms. The zero-order chi connectivity index (χ0) is 16.0. The Kier molecular flexibility index (Phi) is 4.93. The van der Waals surface area contributed by atoms with E-state index >= 15 is 0 Å². The number of carbonyl (C=O) groups excluding carboxylic acids is 1. The number of benzene rings is 2. The molecule has 0 fully saturated rings. The van der Waals surface area contributed by atoms with Gasteiger partial charge in [-0.3, -0.25) is 4.72 Å². The van der Waals surface area contributed by atoms with Gasteiger partial charge in [-0.05, 0) is 55.5 Å². The monoisotopic (exact) mass is 318 g/mol. The first-order valence-electron chi connectivity index (χ1n) is 6.49. The molecule has 0 aliphatic carbocycles. The Labute approximate surface area is 128 Å².